The van der Waals surface area contributed by atoms with Gasteiger partial charge in [-0.15, -0.1) is 0 Å². The van der Waals surface area contributed by atoms with Crippen molar-refractivity contribution < 1.29 is 0 Å². The van der Waals surface area contributed by atoms with Gasteiger partial charge in [-0.05, 0) is 51.8 Å². The van der Waals surface area contributed by atoms with Crippen molar-refractivity contribution in [2.24, 2.45) is 0 Å². The molecule has 1 N–H and O–H groups in total. The van der Waals surface area contributed by atoms with Gasteiger partial charge in [-0.3, -0.25) is 0 Å². The number of nitrogens with zero attached hydrogens (tertiary/aromatic N) is 1. The van der Waals surface area contributed by atoms with Crippen LogP contribution in [0.15, 0.2) is 30.3 Å². The van der Waals surface area contributed by atoms with Gasteiger partial charge in [-0.25, -0.2) is 0 Å². The molecule has 1 saturated heterocycles. The molecule has 104 valence electrons. The van der Waals surface area contributed by atoms with Gasteiger partial charge < -0.3 is 10.2 Å². The Hall–Kier alpha value is -0.860. The third-order valence-electron chi connectivity index (χ3n) is 4.73. The maximum absolute atomic E-state index is 3.87. The fourth-order valence-electron chi connectivity index (χ4n) is 3.33. The molecule has 1 heterocycles. The average Bonchev–Trinajstić information content (AvgIpc) is 3.20. The van der Waals surface area contributed by atoms with Gasteiger partial charge >= 0.3 is 0 Å². The summed E-state index contributed by atoms with van der Waals surface area (Å²) in [5, 5.41) is 3.87. The number of hydrogen-bond donors (Lipinski definition) is 1. The molecule has 1 aromatic carbocycles. The Morgan fingerprint density at radius 3 is 2.42 bits per heavy atom. The van der Waals surface area contributed by atoms with E-state index in [0.29, 0.717) is 6.04 Å². The van der Waals surface area contributed by atoms with Gasteiger partial charge in [0.05, 0.1) is 0 Å². The molecule has 1 saturated carbocycles. The normalized spacial score (nSPS) is 28.8. The van der Waals surface area contributed by atoms with Crippen LogP contribution in [0.3, 0.4) is 0 Å². The van der Waals surface area contributed by atoms with E-state index in [4.69, 9.17) is 0 Å². The Labute approximate surface area is 117 Å². The van der Waals surface area contributed by atoms with Crippen LogP contribution in [-0.2, 0) is 0 Å². The largest absolute Gasteiger partial charge is 0.311 e. The molecule has 0 radical (unpaired) electrons. The smallest absolute Gasteiger partial charge is 0.0145 e. The molecule has 2 heteroatoms. The van der Waals surface area contributed by atoms with Gasteiger partial charge in [0.2, 0.25) is 0 Å². The van der Waals surface area contributed by atoms with Crippen LogP contribution in [0.1, 0.15) is 44.6 Å². The zero-order valence-corrected chi connectivity index (χ0v) is 12.2. The zero-order chi connectivity index (χ0) is 13.2. The van der Waals surface area contributed by atoms with Crippen molar-refractivity contribution in [2.45, 2.75) is 57.2 Å². The summed E-state index contributed by atoms with van der Waals surface area (Å²) in [4.78, 5) is 2.60. The lowest BCUT2D eigenvalue weighted by Crippen LogP contribution is -2.45. The van der Waals surface area contributed by atoms with E-state index in [1.807, 2.05) is 0 Å². The van der Waals surface area contributed by atoms with E-state index < -0.39 is 0 Å². The molecule has 0 bridgehead atoms. The fraction of sp³-hybridized carbons (Fsp3) is 0.647. The van der Waals surface area contributed by atoms with E-state index >= 15 is 0 Å². The summed E-state index contributed by atoms with van der Waals surface area (Å²) < 4.78 is 0. The summed E-state index contributed by atoms with van der Waals surface area (Å²) in [6.45, 7) is 7.14. The molecule has 1 aliphatic carbocycles. The number of rotatable bonds is 4. The highest BCUT2D eigenvalue weighted by Crippen LogP contribution is 2.41. The topological polar surface area (TPSA) is 15.3 Å². The molecule has 0 amide bonds. The highest BCUT2D eigenvalue weighted by Gasteiger charge is 2.39. The minimum absolute atomic E-state index is 0.707. The standard InChI is InChI=1S/C17H26N2/c1-13(2)19-10-8-15(9-11-19)18-17-12-16(17)14-6-4-3-5-7-14/h3-7,13,15-18H,8-12H2,1-2H3/t16-,17+/m0/s1. The minimum atomic E-state index is 0.707. The average molecular weight is 258 g/mol. The molecule has 0 aromatic heterocycles. The lowest BCUT2D eigenvalue weighted by molar-refractivity contribution is 0.160. The second-order valence-corrected chi connectivity index (χ2v) is 6.43. The molecule has 3 rings (SSSR count). The van der Waals surface area contributed by atoms with Crippen LogP contribution in [0.5, 0.6) is 0 Å². The summed E-state index contributed by atoms with van der Waals surface area (Å²) in [5.74, 6) is 0.768. The van der Waals surface area contributed by atoms with Crippen LogP contribution in [0.2, 0.25) is 0 Å². The fourth-order valence-corrected chi connectivity index (χ4v) is 3.33. The quantitative estimate of drug-likeness (QED) is 0.893. The van der Waals surface area contributed by atoms with Gasteiger partial charge in [0.25, 0.3) is 0 Å². The second-order valence-electron chi connectivity index (χ2n) is 6.43. The molecule has 2 fully saturated rings. The van der Waals surface area contributed by atoms with Crippen molar-refractivity contribution in [3.63, 3.8) is 0 Å². The first kappa shape index (κ1) is 13.1. The molecule has 2 aliphatic rings. The molecule has 2 atom stereocenters. The van der Waals surface area contributed by atoms with Crippen LogP contribution in [-0.4, -0.2) is 36.1 Å². The minimum Gasteiger partial charge on any atom is -0.311 e. The van der Waals surface area contributed by atoms with Crippen molar-refractivity contribution >= 4 is 0 Å². The third-order valence-corrected chi connectivity index (χ3v) is 4.73. The van der Waals surface area contributed by atoms with Gasteiger partial charge in [0, 0.05) is 24.0 Å². The molecular weight excluding hydrogens is 232 g/mol. The van der Waals surface area contributed by atoms with E-state index in [-0.39, 0.29) is 0 Å². The van der Waals surface area contributed by atoms with Gasteiger partial charge in [-0.1, -0.05) is 30.3 Å². The predicted molar refractivity (Wildman–Crippen MR) is 80.5 cm³/mol. The van der Waals surface area contributed by atoms with E-state index in [0.717, 1.165) is 18.0 Å². The first-order valence-electron chi connectivity index (χ1n) is 7.79. The highest BCUT2D eigenvalue weighted by molar-refractivity contribution is 5.27. The summed E-state index contributed by atoms with van der Waals surface area (Å²) in [6.07, 6.45) is 3.96. The maximum Gasteiger partial charge on any atom is 0.0145 e. The summed E-state index contributed by atoms with van der Waals surface area (Å²) in [6, 6.07) is 13.2. The summed E-state index contributed by atoms with van der Waals surface area (Å²) in [5.41, 5.74) is 1.51. The van der Waals surface area contributed by atoms with E-state index in [1.165, 1.54) is 37.9 Å². The molecule has 1 aliphatic heterocycles. The van der Waals surface area contributed by atoms with Crippen molar-refractivity contribution in [1.29, 1.82) is 0 Å². The number of piperidine rings is 1. The molecule has 0 unspecified atom stereocenters. The number of likely N-dealkylation sites (tertiary alicyclic amines) is 1. The molecule has 1 aromatic rings. The lowest BCUT2D eigenvalue weighted by atomic mass is 10.0. The predicted octanol–water partition coefficient (Wildman–Crippen LogP) is 3.00. The number of hydrogen-bond acceptors (Lipinski definition) is 2. The van der Waals surface area contributed by atoms with E-state index in [9.17, 15) is 0 Å². The molecule has 0 spiro atoms. The SMILES string of the molecule is CC(C)N1CCC(N[C@@H]2C[C@H]2c2ccccc2)CC1. The van der Waals surface area contributed by atoms with Gasteiger partial charge in [0.15, 0.2) is 0 Å². The Balaban J connectivity index is 1.45. The van der Waals surface area contributed by atoms with E-state index in [2.05, 4.69) is 54.4 Å². The second kappa shape index (κ2) is 5.64. The van der Waals surface area contributed by atoms with Crippen molar-refractivity contribution in [3.05, 3.63) is 35.9 Å². The van der Waals surface area contributed by atoms with Crippen LogP contribution in [0.25, 0.3) is 0 Å². The van der Waals surface area contributed by atoms with Gasteiger partial charge in [0.1, 0.15) is 0 Å². The zero-order valence-electron chi connectivity index (χ0n) is 12.2. The monoisotopic (exact) mass is 258 g/mol. The van der Waals surface area contributed by atoms with Crippen molar-refractivity contribution in [3.8, 4) is 0 Å². The molecule has 2 nitrogen and oxygen atoms in total. The molecule has 19 heavy (non-hydrogen) atoms. The van der Waals surface area contributed by atoms with Crippen LogP contribution in [0, 0.1) is 0 Å². The van der Waals surface area contributed by atoms with Crippen molar-refractivity contribution in [2.75, 3.05) is 13.1 Å². The lowest BCUT2D eigenvalue weighted by Gasteiger charge is -2.35. The van der Waals surface area contributed by atoms with Crippen LogP contribution < -0.4 is 5.32 Å². The maximum atomic E-state index is 3.87. The van der Waals surface area contributed by atoms with E-state index in [1.54, 1.807) is 0 Å². The Kier molecular flexibility index (Phi) is 3.90. The summed E-state index contributed by atoms with van der Waals surface area (Å²) >= 11 is 0. The van der Waals surface area contributed by atoms with Crippen LogP contribution >= 0.6 is 0 Å². The van der Waals surface area contributed by atoms with Crippen LogP contribution in [0.4, 0.5) is 0 Å². The first-order chi connectivity index (χ1) is 9.24. The Bertz CT molecular complexity index is 393. The first-order valence-corrected chi connectivity index (χ1v) is 7.79. The van der Waals surface area contributed by atoms with Crippen molar-refractivity contribution in [1.82, 2.24) is 10.2 Å². The third kappa shape index (κ3) is 3.18. The summed E-state index contributed by atoms with van der Waals surface area (Å²) in [7, 11) is 0. The molecular formula is C17H26N2. The Morgan fingerprint density at radius 1 is 1.11 bits per heavy atom. The highest BCUT2D eigenvalue weighted by atomic mass is 15.2. The van der Waals surface area contributed by atoms with Gasteiger partial charge in [-0.2, -0.15) is 0 Å². The number of benzene rings is 1. The Morgan fingerprint density at radius 2 is 1.79 bits per heavy atom. The number of nitrogens with one attached hydrogen (secondary N) is 1.